The van der Waals surface area contributed by atoms with E-state index >= 15 is 0 Å². The first-order valence-corrected chi connectivity index (χ1v) is 12.0. The van der Waals surface area contributed by atoms with Crippen LogP contribution in [0.3, 0.4) is 0 Å². The van der Waals surface area contributed by atoms with Crippen molar-refractivity contribution in [3.05, 3.63) is 53.1 Å². The molecule has 184 valence electrons. The lowest BCUT2D eigenvalue weighted by Crippen LogP contribution is -2.35. The summed E-state index contributed by atoms with van der Waals surface area (Å²) in [7, 11) is 3.75. The Hall–Kier alpha value is -3.70. The van der Waals surface area contributed by atoms with Gasteiger partial charge in [-0.3, -0.25) is 4.79 Å². The molecule has 1 N–H and O–H groups in total. The van der Waals surface area contributed by atoms with Crippen molar-refractivity contribution < 1.29 is 14.1 Å². The predicted octanol–water partition coefficient (Wildman–Crippen LogP) is 4.75. The third-order valence-corrected chi connectivity index (χ3v) is 5.44. The molecule has 0 saturated heterocycles. The molecule has 4 rings (SSSR count). The van der Waals surface area contributed by atoms with Gasteiger partial charge in [0.05, 0.1) is 24.3 Å². The normalized spacial score (nSPS) is 14.2. The summed E-state index contributed by atoms with van der Waals surface area (Å²) < 4.78 is 11.2. The van der Waals surface area contributed by atoms with Gasteiger partial charge in [0.25, 0.3) is 5.89 Å². The molecule has 0 bridgehead atoms. The van der Waals surface area contributed by atoms with Crippen molar-refractivity contribution in [1.82, 2.24) is 20.4 Å². The first-order valence-electron chi connectivity index (χ1n) is 12.0. The zero-order chi connectivity index (χ0) is 25.5. The Bertz CT molecular complexity index is 1210. The van der Waals surface area contributed by atoms with Crippen LogP contribution in [-0.2, 0) is 11.2 Å². The number of benzene rings is 2. The van der Waals surface area contributed by atoms with Crippen LogP contribution in [0.5, 0.6) is 5.75 Å². The number of fused-ring (bicyclic) bond motifs is 1. The van der Waals surface area contributed by atoms with Crippen molar-refractivity contribution in [2.75, 3.05) is 20.6 Å². The molecular weight excluding hydrogens is 442 g/mol. The Balaban J connectivity index is 0.00000167. The van der Waals surface area contributed by atoms with E-state index in [9.17, 15) is 10.1 Å². The van der Waals surface area contributed by atoms with Crippen molar-refractivity contribution in [3.8, 4) is 34.7 Å². The van der Waals surface area contributed by atoms with Crippen LogP contribution in [0, 0.1) is 11.3 Å². The molecule has 3 aromatic rings. The van der Waals surface area contributed by atoms with E-state index in [0.717, 1.165) is 29.5 Å². The minimum Gasteiger partial charge on any atom is -0.490 e. The van der Waals surface area contributed by atoms with E-state index in [0.29, 0.717) is 35.1 Å². The van der Waals surface area contributed by atoms with E-state index in [1.807, 2.05) is 71.0 Å². The van der Waals surface area contributed by atoms with Crippen LogP contribution in [0.15, 0.2) is 40.9 Å². The second kappa shape index (κ2) is 11.6. The summed E-state index contributed by atoms with van der Waals surface area (Å²) in [5.41, 5.74) is 4.18. The molecule has 0 aliphatic heterocycles. The highest BCUT2D eigenvalue weighted by Crippen LogP contribution is 2.37. The zero-order valence-corrected chi connectivity index (χ0v) is 21.3. The molecular formula is C27H33N5O3. The highest BCUT2D eigenvalue weighted by atomic mass is 16.5. The van der Waals surface area contributed by atoms with Crippen molar-refractivity contribution in [2.45, 2.75) is 52.7 Å². The van der Waals surface area contributed by atoms with Gasteiger partial charge < -0.3 is 19.5 Å². The Kier molecular flexibility index (Phi) is 8.61. The van der Waals surface area contributed by atoms with Crippen LogP contribution in [0.1, 0.15) is 56.8 Å². The summed E-state index contributed by atoms with van der Waals surface area (Å²) in [6, 6.07) is 13.4. The van der Waals surface area contributed by atoms with Crippen LogP contribution in [0.2, 0.25) is 0 Å². The molecule has 0 saturated carbocycles. The summed E-state index contributed by atoms with van der Waals surface area (Å²) in [6.45, 7) is 8.18. The summed E-state index contributed by atoms with van der Waals surface area (Å²) in [6.07, 6.45) is 1.62. The number of rotatable bonds is 7. The molecule has 0 radical (unpaired) electrons. The smallest absolute Gasteiger partial charge is 0.258 e. The average Bonchev–Trinajstić information content (AvgIpc) is 3.47. The monoisotopic (exact) mass is 475 g/mol. The molecule has 2 aromatic carbocycles. The molecule has 0 fully saturated rings. The topological polar surface area (TPSA) is 104 Å². The van der Waals surface area contributed by atoms with Crippen molar-refractivity contribution in [3.63, 3.8) is 0 Å². The van der Waals surface area contributed by atoms with Gasteiger partial charge in [-0.05, 0) is 70.1 Å². The molecule has 1 aliphatic carbocycles. The molecule has 1 amide bonds. The van der Waals surface area contributed by atoms with Crippen molar-refractivity contribution in [2.24, 2.45) is 0 Å². The molecule has 1 heterocycles. The Morgan fingerprint density at radius 1 is 1.29 bits per heavy atom. The van der Waals surface area contributed by atoms with Crippen LogP contribution < -0.4 is 10.1 Å². The van der Waals surface area contributed by atoms with Gasteiger partial charge >= 0.3 is 0 Å². The SMILES string of the molecule is CC.CC(C)Oc1ccc(-c2nc(-c3cccc4c3CCC4NC(=O)CN(C)C)no2)cc1C#N. The first-order chi connectivity index (χ1) is 16.9. The number of amides is 1. The lowest BCUT2D eigenvalue weighted by Gasteiger charge is -2.16. The summed E-state index contributed by atoms with van der Waals surface area (Å²) in [5, 5.41) is 16.8. The summed E-state index contributed by atoms with van der Waals surface area (Å²) in [5.74, 6) is 1.36. The maximum absolute atomic E-state index is 12.2. The minimum absolute atomic E-state index is 0.00305. The number of nitrogens with one attached hydrogen (secondary N) is 1. The van der Waals surface area contributed by atoms with Gasteiger partial charge in [0.2, 0.25) is 11.7 Å². The minimum atomic E-state index is -0.0328. The Morgan fingerprint density at radius 3 is 2.74 bits per heavy atom. The number of ether oxygens (including phenoxy) is 1. The molecule has 8 nitrogen and oxygen atoms in total. The fourth-order valence-corrected chi connectivity index (χ4v) is 4.10. The molecule has 1 unspecified atom stereocenters. The number of hydrogen-bond donors (Lipinski definition) is 1. The fraction of sp³-hybridized carbons (Fsp3) is 0.407. The van der Waals surface area contributed by atoms with Gasteiger partial charge in [0.15, 0.2) is 0 Å². The lowest BCUT2D eigenvalue weighted by atomic mass is 10.0. The third-order valence-electron chi connectivity index (χ3n) is 5.44. The fourth-order valence-electron chi connectivity index (χ4n) is 4.10. The number of nitrogens with zero attached hydrogens (tertiary/aromatic N) is 4. The van der Waals surface area contributed by atoms with Gasteiger partial charge in [0.1, 0.15) is 11.8 Å². The van der Waals surface area contributed by atoms with Crippen LogP contribution in [-0.4, -0.2) is 47.7 Å². The highest BCUT2D eigenvalue weighted by molar-refractivity contribution is 5.79. The third kappa shape index (κ3) is 6.06. The lowest BCUT2D eigenvalue weighted by molar-refractivity contribution is -0.122. The Morgan fingerprint density at radius 2 is 2.06 bits per heavy atom. The van der Waals surface area contributed by atoms with Crippen LogP contribution >= 0.6 is 0 Å². The largest absolute Gasteiger partial charge is 0.490 e. The van der Waals surface area contributed by atoms with Gasteiger partial charge in [0, 0.05) is 11.1 Å². The zero-order valence-electron chi connectivity index (χ0n) is 21.3. The first kappa shape index (κ1) is 25.9. The van der Waals surface area contributed by atoms with Gasteiger partial charge in [-0.15, -0.1) is 0 Å². The van der Waals surface area contributed by atoms with E-state index < -0.39 is 0 Å². The molecule has 1 aromatic heterocycles. The van der Waals surface area contributed by atoms with E-state index in [-0.39, 0.29) is 18.1 Å². The molecule has 1 atom stereocenters. The molecule has 1 aliphatic rings. The molecule has 35 heavy (non-hydrogen) atoms. The number of carbonyl (C=O) groups excluding carboxylic acids is 1. The quantitative estimate of drug-likeness (QED) is 0.526. The standard InChI is InChI=1S/C25H27N5O3.C2H6/c1-15(2)32-22-11-8-16(12-17(22)13-26)25-28-24(29-33-25)20-7-5-6-19-18(20)9-10-21(19)27-23(31)14-30(3)4;1-2/h5-8,11-12,15,21H,9-10,14H2,1-4H3,(H,27,31);1-2H3. The van der Waals surface area contributed by atoms with Gasteiger partial charge in [-0.2, -0.15) is 10.2 Å². The average molecular weight is 476 g/mol. The van der Waals surface area contributed by atoms with Crippen molar-refractivity contribution >= 4 is 5.91 Å². The number of aromatic nitrogens is 2. The van der Waals surface area contributed by atoms with Crippen LogP contribution in [0.4, 0.5) is 0 Å². The number of likely N-dealkylation sites (N-methyl/N-ethyl adjacent to an activating group) is 1. The maximum Gasteiger partial charge on any atom is 0.258 e. The van der Waals surface area contributed by atoms with E-state index in [4.69, 9.17) is 9.26 Å². The number of hydrogen-bond acceptors (Lipinski definition) is 7. The van der Waals surface area contributed by atoms with E-state index in [2.05, 4.69) is 21.5 Å². The summed E-state index contributed by atoms with van der Waals surface area (Å²) in [4.78, 5) is 18.7. The highest BCUT2D eigenvalue weighted by Gasteiger charge is 2.27. The predicted molar refractivity (Wildman–Crippen MR) is 135 cm³/mol. The van der Waals surface area contributed by atoms with E-state index in [1.165, 1.54) is 0 Å². The van der Waals surface area contributed by atoms with Gasteiger partial charge in [-0.1, -0.05) is 37.2 Å². The van der Waals surface area contributed by atoms with Crippen LogP contribution in [0.25, 0.3) is 22.8 Å². The second-order valence-electron chi connectivity index (χ2n) is 8.68. The number of nitriles is 1. The van der Waals surface area contributed by atoms with Gasteiger partial charge in [-0.25, -0.2) is 0 Å². The second-order valence-corrected chi connectivity index (χ2v) is 8.68. The molecule has 8 heteroatoms. The Labute approximate surface area is 206 Å². The van der Waals surface area contributed by atoms with E-state index in [1.54, 1.807) is 12.1 Å². The van der Waals surface area contributed by atoms with Crippen molar-refractivity contribution in [1.29, 1.82) is 5.26 Å². The number of carbonyl (C=O) groups is 1. The summed E-state index contributed by atoms with van der Waals surface area (Å²) >= 11 is 0. The maximum atomic E-state index is 12.2. The molecule has 0 spiro atoms.